The van der Waals surface area contributed by atoms with Crippen LogP contribution >= 0.6 is 12.4 Å². The monoisotopic (exact) mass is 418 g/mol. The van der Waals surface area contributed by atoms with Crippen molar-refractivity contribution in [1.82, 2.24) is 10.2 Å². The maximum Gasteiger partial charge on any atom is 0.419 e. The first-order chi connectivity index (χ1) is 12.8. The van der Waals surface area contributed by atoms with E-state index >= 15 is 0 Å². The summed E-state index contributed by atoms with van der Waals surface area (Å²) in [6, 6.07) is 9.06. The van der Waals surface area contributed by atoms with Crippen LogP contribution in [-0.2, 0) is 6.18 Å². The lowest BCUT2D eigenvalue weighted by Gasteiger charge is -2.37. The first-order valence-electron chi connectivity index (χ1n) is 8.34. The molecule has 1 aliphatic heterocycles. The zero-order chi connectivity index (χ0) is 19.6. The van der Waals surface area contributed by atoms with Gasteiger partial charge in [-0.1, -0.05) is 18.2 Å². The highest BCUT2D eigenvalue weighted by molar-refractivity contribution is 5.95. The number of hydrogen-bond acceptors (Lipinski definition) is 3. The lowest BCUT2D eigenvalue weighted by molar-refractivity contribution is -0.140. The average Bonchev–Trinajstić information content (AvgIpc) is 2.67. The van der Waals surface area contributed by atoms with Crippen molar-refractivity contribution in [3.8, 4) is 5.75 Å². The summed E-state index contributed by atoms with van der Waals surface area (Å²) in [7, 11) is 1.51. The predicted molar refractivity (Wildman–Crippen MR) is 98.3 cm³/mol. The number of halogens is 5. The molecule has 1 saturated heterocycles. The Kier molecular flexibility index (Phi) is 6.90. The topological polar surface area (TPSA) is 41.6 Å². The molecule has 28 heavy (non-hydrogen) atoms. The highest BCUT2D eigenvalue weighted by Crippen LogP contribution is 2.34. The first kappa shape index (κ1) is 22.0. The Morgan fingerprint density at radius 3 is 2.61 bits per heavy atom. The molecule has 1 atom stereocenters. The molecule has 1 N–H and O–H groups in total. The second kappa shape index (κ2) is 8.79. The Labute approximate surface area is 165 Å². The minimum atomic E-state index is -4.87. The maximum absolute atomic E-state index is 13.5. The molecule has 1 unspecified atom stereocenters. The van der Waals surface area contributed by atoms with Gasteiger partial charge in [0.2, 0.25) is 0 Å². The molecule has 0 aliphatic carbocycles. The molecule has 1 fully saturated rings. The minimum absolute atomic E-state index is 0. The molecule has 9 heteroatoms. The van der Waals surface area contributed by atoms with Crippen molar-refractivity contribution in [3.05, 3.63) is 65.0 Å². The molecule has 152 valence electrons. The second-order valence-electron chi connectivity index (χ2n) is 6.15. The van der Waals surface area contributed by atoms with Crippen LogP contribution in [0.3, 0.4) is 0 Å². The lowest BCUT2D eigenvalue weighted by atomic mass is 10.00. The fourth-order valence-electron chi connectivity index (χ4n) is 3.21. The number of methoxy groups -OCH3 is 1. The van der Waals surface area contributed by atoms with Gasteiger partial charge in [-0.25, -0.2) is 4.39 Å². The fraction of sp³-hybridized carbons (Fsp3) is 0.316. The summed E-state index contributed by atoms with van der Waals surface area (Å²) < 4.78 is 57.8. The lowest BCUT2D eigenvalue weighted by Crippen LogP contribution is -2.48. The molecule has 0 saturated carbocycles. The number of piperazine rings is 1. The zero-order valence-electron chi connectivity index (χ0n) is 14.9. The SMILES string of the molecule is COc1ccccc1C1CNCCN1C(=O)c1ccc(F)c(C(F)(F)F)c1.Cl. The Hall–Kier alpha value is -2.32. The number of carbonyl (C=O) groups excluding carboxylic acids is 1. The van der Waals surface area contributed by atoms with Crippen molar-refractivity contribution in [1.29, 1.82) is 0 Å². The molecule has 0 bridgehead atoms. The Bertz CT molecular complexity index is 845. The normalized spacial score (nSPS) is 17.0. The van der Waals surface area contributed by atoms with Gasteiger partial charge in [-0.3, -0.25) is 4.79 Å². The van der Waals surface area contributed by atoms with Crippen LogP contribution < -0.4 is 10.1 Å². The van der Waals surface area contributed by atoms with Gasteiger partial charge in [0.05, 0.1) is 18.7 Å². The van der Waals surface area contributed by atoms with E-state index in [0.29, 0.717) is 37.5 Å². The number of rotatable bonds is 3. The van der Waals surface area contributed by atoms with Gasteiger partial charge in [0.25, 0.3) is 5.91 Å². The highest BCUT2D eigenvalue weighted by Gasteiger charge is 2.36. The molecule has 2 aromatic rings. The summed E-state index contributed by atoms with van der Waals surface area (Å²) in [5.41, 5.74) is -0.901. The van der Waals surface area contributed by atoms with Crippen LogP contribution in [0.25, 0.3) is 0 Å². The quantitative estimate of drug-likeness (QED) is 0.764. The van der Waals surface area contributed by atoms with E-state index in [0.717, 1.165) is 11.6 Å². The zero-order valence-corrected chi connectivity index (χ0v) is 15.7. The van der Waals surface area contributed by atoms with Gasteiger partial charge in [-0.05, 0) is 24.3 Å². The van der Waals surface area contributed by atoms with Gasteiger partial charge >= 0.3 is 6.18 Å². The number of nitrogens with zero attached hydrogens (tertiary/aromatic N) is 1. The number of hydrogen-bond donors (Lipinski definition) is 1. The van der Waals surface area contributed by atoms with Crippen molar-refractivity contribution >= 4 is 18.3 Å². The first-order valence-corrected chi connectivity index (χ1v) is 8.34. The van der Waals surface area contributed by atoms with E-state index in [2.05, 4.69) is 5.32 Å². The Morgan fingerprint density at radius 1 is 1.21 bits per heavy atom. The summed E-state index contributed by atoms with van der Waals surface area (Å²) in [6.07, 6.45) is -4.87. The molecule has 0 spiro atoms. The number of para-hydroxylation sites is 1. The van der Waals surface area contributed by atoms with E-state index < -0.39 is 29.5 Å². The summed E-state index contributed by atoms with van der Waals surface area (Å²) in [5.74, 6) is -1.40. The molecule has 1 heterocycles. The molecule has 3 rings (SSSR count). The molecule has 1 amide bonds. The average molecular weight is 419 g/mol. The molecule has 2 aromatic carbocycles. The number of nitrogens with one attached hydrogen (secondary N) is 1. The summed E-state index contributed by atoms with van der Waals surface area (Å²) in [6.45, 7) is 1.24. The maximum atomic E-state index is 13.5. The predicted octanol–water partition coefficient (Wildman–Crippen LogP) is 4.06. The van der Waals surface area contributed by atoms with Gasteiger partial charge in [-0.2, -0.15) is 13.2 Å². The number of alkyl halides is 3. The van der Waals surface area contributed by atoms with E-state index in [1.807, 2.05) is 6.07 Å². The van der Waals surface area contributed by atoms with E-state index in [9.17, 15) is 22.4 Å². The third kappa shape index (κ3) is 4.39. The van der Waals surface area contributed by atoms with E-state index in [-0.39, 0.29) is 18.0 Å². The van der Waals surface area contributed by atoms with Crippen LogP contribution in [0.4, 0.5) is 17.6 Å². The van der Waals surface area contributed by atoms with Gasteiger partial charge in [0.1, 0.15) is 11.6 Å². The van der Waals surface area contributed by atoms with Crippen LogP contribution in [0.5, 0.6) is 5.75 Å². The van der Waals surface area contributed by atoms with E-state index in [1.54, 1.807) is 18.2 Å². The third-order valence-electron chi connectivity index (χ3n) is 4.52. The third-order valence-corrected chi connectivity index (χ3v) is 4.52. The van der Waals surface area contributed by atoms with E-state index in [1.165, 1.54) is 12.0 Å². The van der Waals surface area contributed by atoms with Crippen molar-refractivity contribution < 1.29 is 27.1 Å². The molecular weight excluding hydrogens is 400 g/mol. The second-order valence-corrected chi connectivity index (χ2v) is 6.15. The minimum Gasteiger partial charge on any atom is -0.496 e. The number of amides is 1. The number of carbonyl (C=O) groups is 1. The Morgan fingerprint density at radius 2 is 1.93 bits per heavy atom. The number of ether oxygens (including phenoxy) is 1. The van der Waals surface area contributed by atoms with Crippen LogP contribution in [-0.4, -0.2) is 37.6 Å². The van der Waals surface area contributed by atoms with Crippen LogP contribution in [0.2, 0.25) is 0 Å². The van der Waals surface area contributed by atoms with Gasteiger partial charge < -0.3 is 15.0 Å². The molecule has 1 aliphatic rings. The molecule has 0 aromatic heterocycles. The molecule has 4 nitrogen and oxygen atoms in total. The van der Waals surface area contributed by atoms with Crippen LogP contribution in [0, 0.1) is 5.82 Å². The van der Waals surface area contributed by atoms with E-state index in [4.69, 9.17) is 4.74 Å². The summed E-state index contributed by atoms with van der Waals surface area (Å²) in [4.78, 5) is 14.4. The molecular formula is C19H19ClF4N2O2. The smallest absolute Gasteiger partial charge is 0.419 e. The van der Waals surface area contributed by atoms with Crippen LogP contribution in [0.15, 0.2) is 42.5 Å². The largest absolute Gasteiger partial charge is 0.496 e. The highest BCUT2D eigenvalue weighted by atomic mass is 35.5. The number of benzene rings is 2. The summed E-state index contributed by atoms with van der Waals surface area (Å²) >= 11 is 0. The van der Waals surface area contributed by atoms with Crippen molar-refractivity contribution in [2.75, 3.05) is 26.7 Å². The summed E-state index contributed by atoms with van der Waals surface area (Å²) in [5, 5.41) is 3.18. The van der Waals surface area contributed by atoms with Crippen molar-refractivity contribution in [3.63, 3.8) is 0 Å². The van der Waals surface area contributed by atoms with Crippen LogP contribution in [0.1, 0.15) is 27.5 Å². The Balaban J connectivity index is 0.00000280. The standard InChI is InChI=1S/C19H18F4N2O2.ClH/c1-27-17-5-3-2-4-13(17)16-11-24-8-9-25(16)18(26)12-6-7-15(20)14(10-12)19(21,22)23;/h2-7,10,16,24H,8-9,11H2,1H3;1H. The molecule has 0 radical (unpaired) electrons. The van der Waals surface area contributed by atoms with Gasteiger partial charge in [0, 0.05) is 30.8 Å². The van der Waals surface area contributed by atoms with Gasteiger partial charge in [-0.15, -0.1) is 12.4 Å². The van der Waals surface area contributed by atoms with Crippen molar-refractivity contribution in [2.24, 2.45) is 0 Å². The van der Waals surface area contributed by atoms with Crippen molar-refractivity contribution in [2.45, 2.75) is 12.2 Å². The van der Waals surface area contributed by atoms with Gasteiger partial charge in [0.15, 0.2) is 0 Å². The fourth-order valence-corrected chi connectivity index (χ4v) is 3.21.